The molecular formula is C12H9ClF3N3O3. The fourth-order valence-electron chi connectivity index (χ4n) is 1.78. The summed E-state index contributed by atoms with van der Waals surface area (Å²) in [4.78, 5) is 34.9. The summed E-state index contributed by atoms with van der Waals surface area (Å²) >= 11 is 5.45. The van der Waals surface area contributed by atoms with Crippen LogP contribution in [0.4, 0.5) is 23.7 Å². The highest BCUT2D eigenvalue weighted by Crippen LogP contribution is 2.36. The Hall–Kier alpha value is -2.29. The van der Waals surface area contributed by atoms with Crippen LogP contribution < -0.4 is 10.6 Å². The Balaban J connectivity index is 2.09. The Morgan fingerprint density at radius 2 is 2.05 bits per heavy atom. The first kappa shape index (κ1) is 16.1. The average Bonchev–Trinajstić information content (AvgIpc) is 2.71. The number of hydrogen-bond donors (Lipinski definition) is 2. The molecule has 118 valence electrons. The third kappa shape index (κ3) is 3.48. The Kier molecular flexibility index (Phi) is 4.27. The number of urea groups is 1. The number of alkyl halides is 3. The molecule has 2 rings (SSSR count). The van der Waals surface area contributed by atoms with Crippen LogP contribution in [0.2, 0.25) is 5.02 Å². The normalized spacial score (nSPS) is 15.0. The monoisotopic (exact) mass is 335 g/mol. The molecule has 0 unspecified atom stereocenters. The number of hydrogen-bond acceptors (Lipinski definition) is 3. The number of carbonyl (C=O) groups excluding carboxylic acids is 3. The van der Waals surface area contributed by atoms with E-state index in [1.54, 1.807) is 0 Å². The summed E-state index contributed by atoms with van der Waals surface area (Å²) in [6.07, 6.45) is -4.66. The number of benzene rings is 1. The van der Waals surface area contributed by atoms with Crippen molar-refractivity contribution in [3.63, 3.8) is 0 Å². The van der Waals surface area contributed by atoms with Crippen molar-refractivity contribution in [3.05, 3.63) is 28.8 Å². The third-order valence-electron chi connectivity index (χ3n) is 2.79. The first-order valence-electron chi connectivity index (χ1n) is 5.93. The van der Waals surface area contributed by atoms with Gasteiger partial charge in [-0.2, -0.15) is 13.2 Å². The fraction of sp³-hybridized carbons (Fsp3) is 0.250. The van der Waals surface area contributed by atoms with Gasteiger partial charge in [0.05, 0.1) is 17.1 Å². The van der Waals surface area contributed by atoms with E-state index < -0.39 is 41.2 Å². The SMILES string of the molecule is O=C(CN1C(=O)CNC1=O)Nc1ccc(Cl)c(C(F)(F)F)c1. The fourth-order valence-corrected chi connectivity index (χ4v) is 2.00. The van der Waals surface area contributed by atoms with E-state index in [0.29, 0.717) is 11.0 Å². The lowest BCUT2D eigenvalue weighted by Gasteiger charge is -2.14. The van der Waals surface area contributed by atoms with Crippen molar-refractivity contribution >= 4 is 35.1 Å². The quantitative estimate of drug-likeness (QED) is 0.827. The number of amides is 4. The van der Waals surface area contributed by atoms with E-state index in [-0.39, 0.29) is 12.2 Å². The van der Waals surface area contributed by atoms with Crippen molar-refractivity contribution in [2.45, 2.75) is 6.18 Å². The van der Waals surface area contributed by atoms with E-state index in [0.717, 1.165) is 6.07 Å². The van der Waals surface area contributed by atoms with Crippen molar-refractivity contribution in [1.82, 2.24) is 10.2 Å². The molecule has 0 aromatic heterocycles. The van der Waals surface area contributed by atoms with Gasteiger partial charge < -0.3 is 10.6 Å². The van der Waals surface area contributed by atoms with Gasteiger partial charge in [-0.25, -0.2) is 4.79 Å². The van der Waals surface area contributed by atoms with Crippen molar-refractivity contribution in [1.29, 1.82) is 0 Å². The van der Waals surface area contributed by atoms with Gasteiger partial charge in [0.1, 0.15) is 6.54 Å². The average molecular weight is 336 g/mol. The van der Waals surface area contributed by atoms with Crippen LogP contribution in [0.15, 0.2) is 18.2 Å². The molecule has 0 radical (unpaired) electrons. The van der Waals surface area contributed by atoms with Crippen molar-refractivity contribution in [2.75, 3.05) is 18.4 Å². The molecule has 6 nitrogen and oxygen atoms in total. The van der Waals surface area contributed by atoms with Gasteiger partial charge >= 0.3 is 12.2 Å². The summed E-state index contributed by atoms with van der Waals surface area (Å²) < 4.78 is 38.1. The molecular weight excluding hydrogens is 327 g/mol. The molecule has 0 aliphatic carbocycles. The third-order valence-corrected chi connectivity index (χ3v) is 3.12. The van der Waals surface area contributed by atoms with Gasteiger partial charge in [-0.05, 0) is 18.2 Å². The lowest BCUT2D eigenvalue weighted by Crippen LogP contribution is -2.38. The van der Waals surface area contributed by atoms with Crippen molar-refractivity contribution in [3.8, 4) is 0 Å². The smallest absolute Gasteiger partial charge is 0.329 e. The van der Waals surface area contributed by atoms with Crippen LogP contribution in [-0.2, 0) is 15.8 Å². The maximum absolute atomic E-state index is 12.7. The van der Waals surface area contributed by atoms with Crippen LogP contribution in [-0.4, -0.2) is 35.8 Å². The topological polar surface area (TPSA) is 78.5 Å². The molecule has 1 aliphatic rings. The van der Waals surface area contributed by atoms with Gasteiger partial charge in [0.15, 0.2) is 0 Å². The molecule has 10 heteroatoms. The van der Waals surface area contributed by atoms with Gasteiger partial charge in [0.2, 0.25) is 5.91 Å². The maximum atomic E-state index is 12.7. The van der Waals surface area contributed by atoms with E-state index >= 15 is 0 Å². The summed E-state index contributed by atoms with van der Waals surface area (Å²) in [5.74, 6) is -1.40. The van der Waals surface area contributed by atoms with Crippen LogP contribution in [0.3, 0.4) is 0 Å². The van der Waals surface area contributed by atoms with E-state index in [9.17, 15) is 27.6 Å². The Bertz CT molecular complexity index is 632. The molecule has 1 aromatic carbocycles. The summed E-state index contributed by atoms with van der Waals surface area (Å²) in [7, 11) is 0. The predicted octanol–water partition coefficient (Wildman–Crippen LogP) is 1.85. The minimum atomic E-state index is -4.66. The molecule has 22 heavy (non-hydrogen) atoms. The largest absolute Gasteiger partial charge is 0.417 e. The first-order valence-corrected chi connectivity index (χ1v) is 6.31. The summed E-state index contributed by atoms with van der Waals surface area (Å²) in [6, 6.07) is 2.12. The number of halogens is 4. The molecule has 0 bridgehead atoms. The number of nitrogens with zero attached hydrogens (tertiary/aromatic N) is 1. The lowest BCUT2D eigenvalue weighted by molar-refractivity contribution is -0.137. The zero-order valence-electron chi connectivity index (χ0n) is 10.8. The number of rotatable bonds is 3. The minimum absolute atomic E-state index is 0.145. The number of imide groups is 1. The van der Waals surface area contributed by atoms with Crippen LogP contribution in [0, 0.1) is 0 Å². The lowest BCUT2D eigenvalue weighted by atomic mass is 10.2. The maximum Gasteiger partial charge on any atom is 0.417 e. The van der Waals surface area contributed by atoms with Crippen LogP contribution in [0.1, 0.15) is 5.56 Å². The van der Waals surface area contributed by atoms with E-state index in [4.69, 9.17) is 11.6 Å². The predicted molar refractivity (Wildman–Crippen MR) is 70.2 cm³/mol. The molecule has 1 saturated heterocycles. The van der Waals surface area contributed by atoms with Gasteiger partial charge in [-0.1, -0.05) is 11.6 Å². The molecule has 1 aromatic rings. The zero-order valence-corrected chi connectivity index (χ0v) is 11.6. The number of carbonyl (C=O) groups is 3. The minimum Gasteiger partial charge on any atom is -0.329 e. The highest BCUT2D eigenvalue weighted by molar-refractivity contribution is 6.31. The standard InChI is InChI=1S/C12H9ClF3N3O3/c13-8-2-1-6(3-7(8)12(14,15)16)18-9(20)5-19-10(21)4-17-11(19)22/h1-3H,4-5H2,(H,17,22)(H,18,20). The Labute approximate surface area is 127 Å². The Morgan fingerprint density at radius 1 is 1.36 bits per heavy atom. The second kappa shape index (κ2) is 5.84. The van der Waals surface area contributed by atoms with Gasteiger partial charge in [0, 0.05) is 5.69 Å². The molecule has 0 saturated carbocycles. The summed E-state index contributed by atoms with van der Waals surface area (Å²) in [6.45, 7) is -0.806. The highest BCUT2D eigenvalue weighted by Gasteiger charge is 2.34. The van der Waals surface area contributed by atoms with E-state index in [2.05, 4.69) is 10.6 Å². The number of nitrogens with one attached hydrogen (secondary N) is 2. The van der Waals surface area contributed by atoms with Crippen LogP contribution >= 0.6 is 11.6 Å². The molecule has 0 atom stereocenters. The van der Waals surface area contributed by atoms with Gasteiger partial charge in [-0.3, -0.25) is 14.5 Å². The molecule has 1 heterocycles. The molecule has 2 N–H and O–H groups in total. The highest BCUT2D eigenvalue weighted by atomic mass is 35.5. The Morgan fingerprint density at radius 3 is 2.59 bits per heavy atom. The van der Waals surface area contributed by atoms with E-state index in [1.165, 1.54) is 6.07 Å². The van der Waals surface area contributed by atoms with Crippen LogP contribution in [0.25, 0.3) is 0 Å². The molecule has 0 spiro atoms. The van der Waals surface area contributed by atoms with Crippen molar-refractivity contribution < 1.29 is 27.6 Å². The summed E-state index contributed by atoms with van der Waals surface area (Å²) in [5.41, 5.74) is -1.24. The molecule has 4 amide bonds. The second-order valence-corrected chi connectivity index (χ2v) is 4.79. The second-order valence-electron chi connectivity index (χ2n) is 4.38. The first-order chi connectivity index (χ1) is 10.2. The van der Waals surface area contributed by atoms with Crippen LogP contribution in [0.5, 0.6) is 0 Å². The summed E-state index contributed by atoms with van der Waals surface area (Å²) in [5, 5.41) is 3.89. The van der Waals surface area contributed by atoms with E-state index in [1.807, 2.05) is 0 Å². The molecule has 1 fully saturated rings. The van der Waals surface area contributed by atoms with Crippen molar-refractivity contribution in [2.24, 2.45) is 0 Å². The van der Waals surface area contributed by atoms with Gasteiger partial charge in [-0.15, -0.1) is 0 Å². The van der Waals surface area contributed by atoms with Gasteiger partial charge in [0.25, 0.3) is 5.91 Å². The molecule has 1 aliphatic heterocycles. The zero-order chi connectivity index (χ0) is 16.5. The number of anilines is 1.